The van der Waals surface area contributed by atoms with Gasteiger partial charge in [0.2, 0.25) is 0 Å². The predicted molar refractivity (Wildman–Crippen MR) is 163 cm³/mol. The van der Waals surface area contributed by atoms with Crippen LogP contribution in [0.2, 0.25) is 5.02 Å². The number of aryl methyl sites for hydroxylation is 1. The van der Waals surface area contributed by atoms with Crippen molar-refractivity contribution in [3.05, 3.63) is 81.1 Å². The number of halogens is 2. The fourth-order valence-corrected chi connectivity index (χ4v) is 5.89. The summed E-state index contributed by atoms with van der Waals surface area (Å²) in [6, 6.07) is 13.8. The van der Waals surface area contributed by atoms with E-state index in [1.54, 1.807) is 24.4 Å². The molecule has 10 heteroatoms. The summed E-state index contributed by atoms with van der Waals surface area (Å²) in [6.07, 6.45) is 8.89. The number of nitrogens with zero attached hydrogens (tertiary/aromatic N) is 2. The van der Waals surface area contributed by atoms with Crippen molar-refractivity contribution in [3.8, 4) is 16.9 Å². The second kappa shape index (κ2) is 12.5. The van der Waals surface area contributed by atoms with Gasteiger partial charge in [-0.3, -0.25) is 9.98 Å². The minimum absolute atomic E-state index is 0.0576. The molecule has 2 aromatic heterocycles. The standard InChI is InChI=1S/C31H37ClFN7O/c1-18(34)4-2-5-19-14-24(29(33)25(32)15-19)27-16-21-17-40(31(41)39-30(21)38-27)23-11-8-20(9-12-23)26-7-3-6-22(37-26)10-13-28(35)36/h8-9,11-12,14-18,22,26,37H,2-7,10,13,34H2,1H3,(H3,35,36)(H,38,39,41)/t18-,22-,26-/m0/s1. The van der Waals surface area contributed by atoms with E-state index in [1.807, 2.05) is 31.2 Å². The zero-order valence-electron chi connectivity index (χ0n) is 23.2. The Kier molecular flexibility index (Phi) is 8.87. The molecule has 216 valence electrons. The quantitative estimate of drug-likeness (QED) is 0.121. The van der Waals surface area contributed by atoms with Gasteiger partial charge in [0.15, 0.2) is 5.82 Å². The number of benzene rings is 2. The minimum Gasteiger partial charge on any atom is -0.388 e. The van der Waals surface area contributed by atoms with Crippen molar-refractivity contribution >= 4 is 28.5 Å². The zero-order valence-corrected chi connectivity index (χ0v) is 24.0. The lowest BCUT2D eigenvalue weighted by atomic mass is 9.91. The van der Waals surface area contributed by atoms with Gasteiger partial charge in [-0.1, -0.05) is 30.2 Å². The number of amidine groups is 1. The summed E-state index contributed by atoms with van der Waals surface area (Å²) in [7, 11) is 0. The third kappa shape index (κ3) is 6.86. The van der Waals surface area contributed by atoms with Crippen LogP contribution in [0.25, 0.3) is 28.0 Å². The van der Waals surface area contributed by atoms with E-state index < -0.39 is 11.5 Å². The lowest BCUT2D eigenvalue weighted by molar-refractivity contribution is 0.314. The van der Waals surface area contributed by atoms with E-state index in [4.69, 9.17) is 28.5 Å². The molecule has 0 spiro atoms. The van der Waals surface area contributed by atoms with Gasteiger partial charge >= 0.3 is 5.69 Å². The van der Waals surface area contributed by atoms with Crippen molar-refractivity contribution in [2.75, 3.05) is 0 Å². The molecule has 0 unspecified atom stereocenters. The largest absolute Gasteiger partial charge is 0.388 e. The number of hydrogen-bond donors (Lipinski definition) is 5. The van der Waals surface area contributed by atoms with Gasteiger partial charge in [-0.05, 0) is 86.9 Å². The highest BCUT2D eigenvalue weighted by atomic mass is 35.5. The number of piperidine rings is 1. The van der Waals surface area contributed by atoms with Crippen LogP contribution in [0.15, 0.2) is 53.5 Å². The Hall–Kier alpha value is -3.53. The zero-order chi connectivity index (χ0) is 29.1. The van der Waals surface area contributed by atoms with Crippen LogP contribution in [0.1, 0.15) is 69.0 Å². The highest BCUT2D eigenvalue weighted by Gasteiger charge is 2.22. The van der Waals surface area contributed by atoms with E-state index in [2.05, 4.69) is 15.3 Å². The van der Waals surface area contributed by atoms with Crippen LogP contribution < -0.4 is 22.5 Å². The SMILES string of the molecule is C[C@H](N)CCCc1cc(Cl)c(F)c(-c2cc3cn(-c4ccc([C@@H]5CCC[C@@H](CCC(=N)N)N5)cc4)c(=O)nc3[nH]2)c1. The van der Waals surface area contributed by atoms with E-state index in [1.165, 1.54) is 4.57 Å². The van der Waals surface area contributed by atoms with E-state index in [0.29, 0.717) is 40.4 Å². The highest BCUT2D eigenvalue weighted by Crippen LogP contribution is 2.32. The normalized spacial score (nSPS) is 18.0. The lowest BCUT2D eigenvalue weighted by Gasteiger charge is -2.31. The number of rotatable bonds is 10. The van der Waals surface area contributed by atoms with Crippen LogP contribution in [0.5, 0.6) is 0 Å². The van der Waals surface area contributed by atoms with Crippen molar-refractivity contribution in [1.82, 2.24) is 19.9 Å². The summed E-state index contributed by atoms with van der Waals surface area (Å²) in [5, 5.41) is 11.9. The Bertz CT molecular complexity index is 1590. The van der Waals surface area contributed by atoms with Gasteiger partial charge in [0.05, 0.1) is 22.2 Å². The third-order valence-corrected chi connectivity index (χ3v) is 8.10. The van der Waals surface area contributed by atoms with Crippen LogP contribution >= 0.6 is 11.6 Å². The molecule has 7 N–H and O–H groups in total. The van der Waals surface area contributed by atoms with Gasteiger partial charge in [0.25, 0.3) is 0 Å². The Balaban J connectivity index is 1.37. The van der Waals surface area contributed by atoms with E-state index in [-0.39, 0.29) is 22.9 Å². The number of fused-ring (bicyclic) bond motifs is 1. The second-order valence-corrected chi connectivity index (χ2v) is 11.6. The predicted octanol–water partition coefficient (Wildman–Crippen LogP) is 5.74. The van der Waals surface area contributed by atoms with Crippen LogP contribution in [-0.4, -0.2) is 32.5 Å². The molecule has 8 nitrogen and oxygen atoms in total. The molecule has 1 aliphatic rings. The second-order valence-electron chi connectivity index (χ2n) is 11.2. The molecule has 2 aromatic carbocycles. The van der Waals surface area contributed by atoms with Crippen molar-refractivity contribution in [2.45, 2.75) is 76.4 Å². The summed E-state index contributed by atoms with van der Waals surface area (Å²) in [4.78, 5) is 20.3. The Morgan fingerprint density at radius 2 is 2.02 bits per heavy atom. The molecule has 1 aliphatic heterocycles. The molecule has 0 radical (unpaired) electrons. The summed E-state index contributed by atoms with van der Waals surface area (Å²) >= 11 is 6.24. The first-order valence-electron chi connectivity index (χ1n) is 14.2. The molecule has 0 aliphatic carbocycles. The Morgan fingerprint density at radius 3 is 2.76 bits per heavy atom. The highest BCUT2D eigenvalue weighted by molar-refractivity contribution is 6.31. The average molecular weight is 578 g/mol. The van der Waals surface area contributed by atoms with Gasteiger partial charge < -0.3 is 21.8 Å². The van der Waals surface area contributed by atoms with Gasteiger partial charge in [-0.25, -0.2) is 9.18 Å². The Morgan fingerprint density at radius 1 is 1.24 bits per heavy atom. The molecule has 0 saturated carbocycles. The van der Waals surface area contributed by atoms with Crippen LogP contribution in [-0.2, 0) is 6.42 Å². The summed E-state index contributed by atoms with van der Waals surface area (Å²) in [6.45, 7) is 1.97. The number of nitrogens with one attached hydrogen (secondary N) is 3. The van der Waals surface area contributed by atoms with Gasteiger partial charge in [0.1, 0.15) is 5.65 Å². The topological polar surface area (TPSA) is 139 Å². The fraction of sp³-hybridized carbons (Fsp3) is 0.387. The lowest BCUT2D eigenvalue weighted by Crippen LogP contribution is -2.37. The monoisotopic (exact) mass is 577 g/mol. The van der Waals surface area contributed by atoms with E-state index in [0.717, 1.165) is 56.1 Å². The van der Waals surface area contributed by atoms with Crippen molar-refractivity contribution < 1.29 is 4.39 Å². The molecule has 1 fully saturated rings. The third-order valence-electron chi connectivity index (χ3n) is 7.83. The van der Waals surface area contributed by atoms with Gasteiger partial charge in [-0.15, -0.1) is 0 Å². The summed E-state index contributed by atoms with van der Waals surface area (Å²) in [5.74, 6) is -0.292. The van der Waals surface area contributed by atoms with Crippen molar-refractivity contribution in [3.63, 3.8) is 0 Å². The maximum atomic E-state index is 15.1. The number of nitrogens with two attached hydrogens (primary N) is 2. The van der Waals surface area contributed by atoms with E-state index in [9.17, 15) is 4.79 Å². The first kappa shape index (κ1) is 29.0. The number of H-pyrrole nitrogens is 1. The molecule has 5 rings (SSSR count). The van der Waals surface area contributed by atoms with Crippen LogP contribution in [0, 0.1) is 11.2 Å². The molecule has 41 heavy (non-hydrogen) atoms. The minimum atomic E-state index is -0.514. The molecular formula is C31H37ClFN7O. The molecule has 1 saturated heterocycles. The molecule has 4 aromatic rings. The molecule has 0 amide bonds. The number of hydrogen-bond acceptors (Lipinski definition) is 5. The molecule has 3 heterocycles. The number of aromatic amines is 1. The average Bonchev–Trinajstić information content (AvgIpc) is 3.36. The van der Waals surface area contributed by atoms with Crippen LogP contribution in [0.3, 0.4) is 0 Å². The van der Waals surface area contributed by atoms with E-state index >= 15 is 4.39 Å². The molecular weight excluding hydrogens is 541 g/mol. The smallest absolute Gasteiger partial charge is 0.354 e. The van der Waals surface area contributed by atoms with Crippen molar-refractivity contribution in [1.29, 1.82) is 5.41 Å². The molecule has 0 bridgehead atoms. The summed E-state index contributed by atoms with van der Waals surface area (Å²) < 4.78 is 16.6. The number of aromatic nitrogens is 3. The maximum absolute atomic E-state index is 15.1. The van der Waals surface area contributed by atoms with Gasteiger partial charge in [-0.2, -0.15) is 4.98 Å². The first-order valence-corrected chi connectivity index (χ1v) is 14.6. The Labute approximate surface area is 243 Å². The first-order chi connectivity index (χ1) is 19.7. The van der Waals surface area contributed by atoms with Crippen LogP contribution in [0.4, 0.5) is 4.39 Å². The van der Waals surface area contributed by atoms with Gasteiger partial charge in [0, 0.05) is 41.7 Å². The molecule has 3 atom stereocenters. The van der Waals surface area contributed by atoms with Crippen molar-refractivity contribution in [2.24, 2.45) is 11.5 Å². The fourth-order valence-electron chi connectivity index (χ4n) is 5.65. The maximum Gasteiger partial charge on any atom is 0.354 e. The summed E-state index contributed by atoms with van der Waals surface area (Å²) in [5.41, 5.74) is 15.0.